The Hall–Kier alpha value is -11.3. The summed E-state index contributed by atoms with van der Waals surface area (Å²) in [5, 5.41) is 17.9. The first kappa shape index (κ1) is 61.9. The normalized spacial score (nSPS) is 10.4. The van der Waals surface area contributed by atoms with Gasteiger partial charge in [-0.25, -0.2) is 48.9 Å². The zero-order valence-electron chi connectivity index (χ0n) is 47.6. The Morgan fingerprint density at radius 2 is 0.619 bits per heavy atom. The molecule has 0 atom stereocenters. The van der Waals surface area contributed by atoms with E-state index < -0.39 is 29.8 Å². The van der Waals surface area contributed by atoms with E-state index in [1.165, 1.54) is 69.6 Å². The van der Waals surface area contributed by atoms with Crippen LogP contribution in [0.3, 0.4) is 0 Å². The molecule has 28 heteroatoms. The fraction of sp³-hybridized carbons (Fsp3) is 0.214. The number of nitrogens with zero attached hydrogens (tertiary/aromatic N) is 14. The van der Waals surface area contributed by atoms with E-state index in [1.54, 1.807) is 149 Å². The third-order valence-electron chi connectivity index (χ3n) is 11.8. The van der Waals surface area contributed by atoms with Gasteiger partial charge in [-0.1, -0.05) is 0 Å². The van der Waals surface area contributed by atoms with E-state index in [-0.39, 0.29) is 57.8 Å². The number of esters is 3. The van der Waals surface area contributed by atoms with Crippen molar-refractivity contribution < 1.29 is 67.6 Å². The van der Waals surface area contributed by atoms with E-state index in [0.29, 0.717) is 39.7 Å². The van der Waals surface area contributed by atoms with Crippen LogP contribution < -0.4 is 0 Å². The molecule has 0 spiro atoms. The number of carboxylic acid groups (broad SMARTS) is 2. The third kappa shape index (κ3) is 14.0. The van der Waals surface area contributed by atoms with Crippen molar-refractivity contribution >= 4 is 81.7 Å². The molecule has 84 heavy (non-hydrogen) atoms. The lowest BCUT2D eigenvalue weighted by atomic mass is 10.2. The lowest BCUT2D eigenvalue weighted by Crippen LogP contribution is -2.27. The van der Waals surface area contributed by atoms with Crippen molar-refractivity contribution in [1.82, 2.24) is 66.5 Å². The summed E-state index contributed by atoms with van der Waals surface area (Å²) in [5.74, 6) is -4.78. The van der Waals surface area contributed by atoms with Gasteiger partial charge in [-0.2, -0.15) is 0 Å². The molecule has 0 saturated heterocycles. The topological polar surface area (TPSA) is 321 Å². The Morgan fingerprint density at radius 3 is 0.940 bits per heavy atom. The fourth-order valence-electron chi connectivity index (χ4n) is 7.69. The van der Waals surface area contributed by atoms with E-state index in [0.717, 1.165) is 11.3 Å². The average molecular weight is 1150 g/mol. The lowest BCUT2D eigenvalue weighted by molar-refractivity contribution is 0.0584. The lowest BCUT2D eigenvalue weighted by Gasteiger charge is -2.14. The molecule has 28 nitrogen and oxygen atoms in total. The van der Waals surface area contributed by atoms with Crippen LogP contribution in [0.5, 0.6) is 0 Å². The molecule has 0 aromatic carbocycles. The van der Waals surface area contributed by atoms with Crippen LogP contribution in [-0.2, 0) is 14.2 Å². The molecule has 10 rings (SSSR count). The molecular weight excluding hydrogens is 1090 g/mol. The number of carbonyl (C=O) groups is 9. The number of carboxylic acids is 2. The average Bonchev–Trinajstić information content (AvgIpc) is 4.21. The number of methoxy groups -OCH3 is 3. The number of aromatic carboxylic acids is 2. The van der Waals surface area contributed by atoms with Crippen LogP contribution in [0.15, 0.2) is 122 Å². The Kier molecular flexibility index (Phi) is 19.7. The van der Waals surface area contributed by atoms with Gasteiger partial charge in [0.1, 0.15) is 56.7 Å². The Balaban J connectivity index is 0.000000169. The van der Waals surface area contributed by atoms with Crippen molar-refractivity contribution in [1.29, 1.82) is 0 Å². The minimum absolute atomic E-state index is 0.0221. The molecule has 0 aliphatic heterocycles. The second-order valence-electron chi connectivity index (χ2n) is 18.5. The number of hydrogen-bond acceptors (Lipinski definition) is 17. The van der Waals surface area contributed by atoms with Gasteiger partial charge in [0.25, 0.3) is 23.6 Å². The summed E-state index contributed by atoms with van der Waals surface area (Å²) in [7, 11) is 17.0. The molecule has 10 aromatic rings. The van der Waals surface area contributed by atoms with Crippen molar-refractivity contribution in [2.75, 3.05) is 77.7 Å². The van der Waals surface area contributed by atoms with E-state index in [9.17, 15) is 43.2 Å². The highest BCUT2D eigenvalue weighted by Crippen LogP contribution is 2.16. The highest BCUT2D eigenvalue weighted by molar-refractivity contribution is 5.99. The quantitative estimate of drug-likeness (QED) is 0.148. The van der Waals surface area contributed by atoms with Gasteiger partial charge < -0.3 is 48.4 Å². The predicted octanol–water partition coefficient (Wildman–Crippen LogP) is 4.54. The second-order valence-corrected chi connectivity index (χ2v) is 18.5. The van der Waals surface area contributed by atoms with Gasteiger partial charge in [0.05, 0.1) is 21.3 Å². The maximum atomic E-state index is 12.2. The number of rotatable bonds is 9. The first-order valence-corrected chi connectivity index (χ1v) is 24.8. The molecule has 0 saturated carbocycles. The summed E-state index contributed by atoms with van der Waals surface area (Å²) in [6.07, 6.45) is 8.61. The number of amides is 4. The third-order valence-corrected chi connectivity index (χ3v) is 11.8. The maximum Gasteiger partial charge on any atom is 0.356 e. The minimum atomic E-state index is -1.15. The van der Waals surface area contributed by atoms with E-state index in [2.05, 4.69) is 39.1 Å². The van der Waals surface area contributed by atoms with Gasteiger partial charge in [0.2, 0.25) is 0 Å². The van der Waals surface area contributed by atoms with Crippen molar-refractivity contribution in [3.63, 3.8) is 0 Å². The van der Waals surface area contributed by atoms with Gasteiger partial charge in [-0.15, -0.1) is 0 Å². The van der Waals surface area contributed by atoms with Crippen LogP contribution in [0.1, 0.15) is 100 Å². The van der Waals surface area contributed by atoms with Crippen molar-refractivity contribution in [3.8, 4) is 0 Å². The largest absolute Gasteiger partial charge is 0.477 e. The first-order valence-electron chi connectivity index (χ1n) is 24.8. The number of fused-ring (bicyclic) bond motifs is 5. The molecule has 0 bridgehead atoms. The summed E-state index contributed by atoms with van der Waals surface area (Å²) in [4.78, 5) is 130. The molecule has 0 unspecified atom stereocenters. The first-order chi connectivity index (χ1) is 39.8. The van der Waals surface area contributed by atoms with Gasteiger partial charge in [-0.05, 0) is 79.7 Å². The molecule has 4 amide bonds. The standard InChI is InChI=1S/C13H16N4O2.C12H13N3O3.C11H11N3O3.C10H8N2O4.C10H10N2O2/c1-15(2)12(18)9-8-10(13(19)16(3)4)17-7-5-6-11(17)14-9;1-14(2)11(16)9-7-8(12(17)18-3)13-10-5-4-6-15(9)10;1-13(2)10(15)8-6-7(11(16)17)12-9-4-3-5-14(8)9;1-16-10(15)6-5-7(9(13)14)12-4-2-3-8(12)11-6;1-7-6-8(10(13)14-2)11-9-4-3-5-12(7)9/h5-8H,1-4H3;4-7H,1-3H3;3-6H,1-2H3,(H,16,17);2-5H,1H3,(H,13,14);3-6H,1-2H3. The minimum Gasteiger partial charge on any atom is -0.477 e. The van der Waals surface area contributed by atoms with Crippen LogP contribution >= 0.6 is 0 Å². The van der Waals surface area contributed by atoms with Crippen LogP contribution in [0.2, 0.25) is 0 Å². The Labute approximate surface area is 477 Å². The molecule has 0 radical (unpaired) electrons. The summed E-state index contributed by atoms with van der Waals surface area (Å²) in [6.45, 7) is 1.92. The Morgan fingerprint density at radius 1 is 0.357 bits per heavy atom. The van der Waals surface area contributed by atoms with E-state index >= 15 is 0 Å². The van der Waals surface area contributed by atoms with Gasteiger partial charge >= 0.3 is 29.8 Å². The number of aryl methyl sites for hydroxylation is 1. The summed E-state index contributed by atoms with van der Waals surface area (Å²) < 4.78 is 21.9. The van der Waals surface area contributed by atoms with Crippen molar-refractivity contribution in [3.05, 3.63) is 179 Å². The number of aromatic nitrogens is 10. The zero-order chi connectivity index (χ0) is 61.9. The van der Waals surface area contributed by atoms with E-state index in [4.69, 9.17) is 10.2 Å². The van der Waals surface area contributed by atoms with Gasteiger partial charge in [0.15, 0.2) is 22.8 Å². The van der Waals surface area contributed by atoms with Gasteiger partial charge in [0, 0.05) is 111 Å². The Bertz CT molecular complexity index is 4150. The number of hydrogen-bond donors (Lipinski definition) is 2. The molecule has 0 aliphatic carbocycles. The molecule has 0 fully saturated rings. The fourth-order valence-corrected chi connectivity index (χ4v) is 7.69. The van der Waals surface area contributed by atoms with Gasteiger partial charge in [-0.3, -0.25) is 36.8 Å². The molecule has 10 aromatic heterocycles. The summed E-state index contributed by atoms with van der Waals surface area (Å²) in [5.41, 5.74) is 5.26. The molecule has 10 heterocycles. The van der Waals surface area contributed by atoms with Crippen LogP contribution in [0.25, 0.3) is 28.2 Å². The van der Waals surface area contributed by atoms with Crippen LogP contribution in [-0.4, -0.2) is 208 Å². The number of carbonyl (C=O) groups excluding carboxylic acids is 7. The molecule has 0 aliphatic rings. The maximum absolute atomic E-state index is 12.2. The van der Waals surface area contributed by atoms with Crippen LogP contribution in [0, 0.1) is 6.92 Å². The molecule has 2 N–H and O–H groups in total. The number of ether oxygens (including phenoxy) is 3. The summed E-state index contributed by atoms with van der Waals surface area (Å²) >= 11 is 0. The van der Waals surface area contributed by atoms with Crippen molar-refractivity contribution in [2.24, 2.45) is 0 Å². The summed E-state index contributed by atoms with van der Waals surface area (Å²) in [6, 6.07) is 24.5. The van der Waals surface area contributed by atoms with E-state index in [1.807, 2.05) is 29.7 Å². The molecule has 436 valence electrons. The molecular formula is C56H58N14O14. The zero-order valence-corrected chi connectivity index (χ0v) is 47.6. The highest BCUT2D eigenvalue weighted by Gasteiger charge is 2.22. The smallest absolute Gasteiger partial charge is 0.356 e. The second kappa shape index (κ2) is 26.8. The highest BCUT2D eigenvalue weighted by atomic mass is 16.5. The monoisotopic (exact) mass is 1150 g/mol. The van der Waals surface area contributed by atoms with Crippen LogP contribution in [0.4, 0.5) is 0 Å². The van der Waals surface area contributed by atoms with Crippen molar-refractivity contribution in [2.45, 2.75) is 6.92 Å². The predicted molar refractivity (Wildman–Crippen MR) is 301 cm³/mol. The SMILES string of the molecule is CN(C)C(=O)c1cc(C(=O)N(C)C)n2cccc2n1.CN(C)C(=O)c1cc(C(=O)O)nc2cccn12.COC(=O)c1cc(C(=O)N(C)C)n2cccc2n1.COC(=O)c1cc(C(=O)O)n2cccc2n1.COC(=O)c1cc(C)n2cccc2n1.